The SMILES string of the molecule is CC(=O)Nc1nsc(N2CCC(C(=O)N3CCN(c4ccccc4Cl)CC3)CC2)n1. The van der Waals surface area contributed by atoms with Gasteiger partial charge in [0.1, 0.15) is 0 Å². The van der Waals surface area contributed by atoms with E-state index in [1.54, 1.807) is 0 Å². The molecule has 0 spiro atoms. The third kappa shape index (κ3) is 4.67. The maximum absolute atomic E-state index is 13.0. The number of carbonyl (C=O) groups is 2. The molecule has 2 fully saturated rings. The Labute approximate surface area is 185 Å². The molecule has 0 aliphatic carbocycles. The van der Waals surface area contributed by atoms with Crippen molar-refractivity contribution in [2.24, 2.45) is 5.92 Å². The number of carbonyl (C=O) groups excluding carboxylic acids is 2. The van der Waals surface area contributed by atoms with E-state index in [0.717, 1.165) is 68.0 Å². The number of anilines is 3. The molecule has 2 amide bonds. The first kappa shape index (κ1) is 20.9. The number of amides is 2. The molecule has 30 heavy (non-hydrogen) atoms. The predicted molar refractivity (Wildman–Crippen MR) is 119 cm³/mol. The first-order valence-corrected chi connectivity index (χ1v) is 11.3. The van der Waals surface area contributed by atoms with Crippen LogP contribution in [0.15, 0.2) is 24.3 Å². The Hall–Kier alpha value is -2.39. The molecule has 8 nitrogen and oxygen atoms in total. The van der Waals surface area contributed by atoms with Crippen molar-refractivity contribution in [3.05, 3.63) is 29.3 Å². The van der Waals surface area contributed by atoms with E-state index >= 15 is 0 Å². The van der Waals surface area contributed by atoms with E-state index in [-0.39, 0.29) is 17.7 Å². The zero-order valence-corrected chi connectivity index (χ0v) is 18.5. The molecule has 3 heterocycles. The zero-order chi connectivity index (χ0) is 21.1. The summed E-state index contributed by atoms with van der Waals surface area (Å²) < 4.78 is 4.17. The number of hydrogen-bond donors (Lipinski definition) is 1. The lowest BCUT2D eigenvalue weighted by Gasteiger charge is -2.39. The van der Waals surface area contributed by atoms with Crippen molar-refractivity contribution in [2.75, 3.05) is 54.4 Å². The summed E-state index contributed by atoms with van der Waals surface area (Å²) in [6, 6.07) is 7.85. The Morgan fingerprint density at radius 2 is 1.77 bits per heavy atom. The Kier molecular flexibility index (Phi) is 6.38. The van der Waals surface area contributed by atoms with E-state index in [4.69, 9.17) is 11.6 Å². The molecule has 160 valence electrons. The molecule has 0 bridgehead atoms. The second-order valence-electron chi connectivity index (χ2n) is 7.61. The van der Waals surface area contributed by atoms with Crippen LogP contribution < -0.4 is 15.1 Å². The summed E-state index contributed by atoms with van der Waals surface area (Å²) >= 11 is 7.59. The third-order valence-corrected chi connectivity index (χ3v) is 6.70. The monoisotopic (exact) mass is 448 g/mol. The molecule has 0 unspecified atom stereocenters. The van der Waals surface area contributed by atoms with Gasteiger partial charge in [0.15, 0.2) is 0 Å². The number of benzene rings is 1. The quantitative estimate of drug-likeness (QED) is 0.774. The second kappa shape index (κ2) is 9.18. The highest BCUT2D eigenvalue weighted by Gasteiger charge is 2.31. The van der Waals surface area contributed by atoms with Gasteiger partial charge in [0.05, 0.1) is 10.7 Å². The van der Waals surface area contributed by atoms with E-state index in [0.29, 0.717) is 5.95 Å². The molecule has 0 saturated carbocycles. The Morgan fingerprint density at radius 3 is 2.43 bits per heavy atom. The fourth-order valence-electron chi connectivity index (χ4n) is 4.00. The Morgan fingerprint density at radius 1 is 1.07 bits per heavy atom. The average molecular weight is 449 g/mol. The summed E-state index contributed by atoms with van der Waals surface area (Å²) in [4.78, 5) is 34.9. The maximum atomic E-state index is 13.0. The summed E-state index contributed by atoms with van der Waals surface area (Å²) in [5, 5.41) is 4.15. The number of piperazine rings is 1. The van der Waals surface area contributed by atoms with E-state index in [1.807, 2.05) is 29.2 Å². The van der Waals surface area contributed by atoms with Crippen LogP contribution in [0.4, 0.5) is 16.8 Å². The number of para-hydroxylation sites is 1. The first-order chi connectivity index (χ1) is 14.5. The molecule has 1 N–H and O–H groups in total. The highest BCUT2D eigenvalue weighted by atomic mass is 35.5. The summed E-state index contributed by atoms with van der Waals surface area (Å²) in [5.74, 6) is 0.468. The van der Waals surface area contributed by atoms with Crippen LogP contribution in [0.1, 0.15) is 19.8 Å². The van der Waals surface area contributed by atoms with Crippen molar-refractivity contribution in [3.8, 4) is 0 Å². The van der Waals surface area contributed by atoms with Crippen LogP contribution in [0, 0.1) is 5.92 Å². The smallest absolute Gasteiger partial charge is 0.243 e. The van der Waals surface area contributed by atoms with Gasteiger partial charge in [-0.2, -0.15) is 9.36 Å². The minimum atomic E-state index is -0.182. The van der Waals surface area contributed by atoms with Crippen LogP contribution in [0.3, 0.4) is 0 Å². The van der Waals surface area contributed by atoms with Crippen molar-refractivity contribution in [2.45, 2.75) is 19.8 Å². The van der Waals surface area contributed by atoms with Crippen LogP contribution in [-0.4, -0.2) is 65.3 Å². The van der Waals surface area contributed by atoms with Gasteiger partial charge in [0, 0.05) is 63.6 Å². The van der Waals surface area contributed by atoms with Crippen molar-refractivity contribution in [1.82, 2.24) is 14.3 Å². The number of hydrogen-bond acceptors (Lipinski definition) is 7. The molecule has 10 heteroatoms. The van der Waals surface area contributed by atoms with Crippen LogP contribution in [-0.2, 0) is 9.59 Å². The van der Waals surface area contributed by atoms with Gasteiger partial charge in [-0.05, 0) is 25.0 Å². The lowest BCUT2D eigenvalue weighted by Crippen LogP contribution is -2.51. The van der Waals surface area contributed by atoms with Crippen LogP contribution in [0.25, 0.3) is 0 Å². The van der Waals surface area contributed by atoms with Gasteiger partial charge in [0.25, 0.3) is 0 Å². The fourth-order valence-corrected chi connectivity index (χ4v) is 4.94. The molecule has 1 aromatic carbocycles. The largest absolute Gasteiger partial charge is 0.367 e. The normalized spacial score (nSPS) is 17.9. The van der Waals surface area contributed by atoms with E-state index < -0.39 is 0 Å². The molecular formula is C20H25ClN6O2S. The average Bonchev–Trinajstić information content (AvgIpc) is 3.22. The molecule has 4 rings (SSSR count). The van der Waals surface area contributed by atoms with Gasteiger partial charge in [-0.25, -0.2) is 0 Å². The van der Waals surface area contributed by atoms with Crippen LogP contribution in [0.2, 0.25) is 5.02 Å². The fraction of sp³-hybridized carbons (Fsp3) is 0.500. The van der Waals surface area contributed by atoms with Gasteiger partial charge in [-0.3, -0.25) is 14.9 Å². The molecule has 2 aliphatic rings. The van der Waals surface area contributed by atoms with Gasteiger partial charge in [0.2, 0.25) is 22.9 Å². The minimum absolute atomic E-state index is 0.0517. The minimum Gasteiger partial charge on any atom is -0.367 e. The molecular weight excluding hydrogens is 424 g/mol. The second-order valence-corrected chi connectivity index (χ2v) is 8.74. The number of halogens is 1. The molecule has 0 atom stereocenters. The van der Waals surface area contributed by atoms with E-state index in [9.17, 15) is 9.59 Å². The van der Waals surface area contributed by atoms with Gasteiger partial charge >= 0.3 is 0 Å². The lowest BCUT2D eigenvalue weighted by atomic mass is 9.95. The summed E-state index contributed by atoms with van der Waals surface area (Å²) in [5.41, 5.74) is 1.04. The first-order valence-electron chi connectivity index (χ1n) is 10.2. The summed E-state index contributed by atoms with van der Waals surface area (Å²) in [7, 11) is 0. The topological polar surface area (TPSA) is 81.7 Å². The molecule has 0 radical (unpaired) electrons. The maximum Gasteiger partial charge on any atom is 0.243 e. The Balaban J connectivity index is 1.27. The molecule has 2 aliphatic heterocycles. The van der Waals surface area contributed by atoms with Crippen LogP contribution >= 0.6 is 23.1 Å². The third-order valence-electron chi connectivity index (χ3n) is 5.60. The van der Waals surface area contributed by atoms with Gasteiger partial charge in [-0.15, -0.1) is 0 Å². The van der Waals surface area contributed by atoms with Gasteiger partial charge in [-0.1, -0.05) is 23.7 Å². The van der Waals surface area contributed by atoms with E-state index in [2.05, 4.69) is 24.5 Å². The lowest BCUT2D eigenvalue weighted by molar-refractivity contribution is -0.136. The Bertz CT molecular complexity index is 906. The molecule has 2 aromatic rings. The molecule has 1 aromatic heterocycles. The summed E-state index contributed by atoms with van der Waals surface area (Å²) in [6.45, 7) is 6.01. The van der Waals surface area contributed by atoms with Crippen molar-refractivity contribution >= 4 is 51.7 Å². The highest BCUT2D eigenvalue weighted by molar-refractivity contribution is 7.09. The number of piperidine rings is 1. The summed E-state index contributed by atoms with van der Waals surface area (Å²) in [6.07, 6.45) is 1.61. The molecule has 2 saturated heterocycles. The van der Waals surface area contributed by atoms with Crippen LogP contribution in [0.5, 0.6) is 0 Å². The number of rotatable bonds is 4. The van der Waals surface area contributed by atoms with Crippen molar-refractivity contribution in [3.63, 3.8) is 0 Å². The standard InChI is InChI=1S/C20H25ClN6O2S/c1-14(28)22-19-23-20(30-24-19)27-8-6-15(7-9-27)18(29)26-12-10-25(11-13-26)17-5-3-2-4-16(17)21/h2-5,15H,6-13H2,1H3,(H,22,24,28). The predicted octanol–water partition coefficient (Wildman–Crippen LogP) is 2.72. The number of nitrogens with one attached hydrogen (secondary N) is 1. The van der Waals surface area contributed by atoms with Crippen molar-refractivity contribution in [1.29, 1.82) is 0 Å². The number of nitrogens with zero attached hydrogens (tertiary/aromatic N) is 5. The highest BCUT2D eigenvalue weighted by Crippen LogP contribution is 2.29. The number of aromatic nitrogens is 2. The van der Waals surface area contributed by atoms with Crippen molar-refractivity contribution < 1.29 is 9.59 Å². The van der Waals surface area contributed by atoms with E-state index in [1.165, 1.54) is 18.5 Å². The van der Waals surface area contributed by atoms with Gasteiger partial charge < -0.3 is 14.7 Å². The zero-order valence-electron chi connectivity index (χ0n) is 16.9.